The number of hydrogen-bond acceptors (Lipinski definition) is 3. The van der Waals surface area contributed by atoms with E-state index in [9.17, 15) is 9.59 Å². The van der Waals surface area contributed by atoms with Crippen molar-refractivity contribution in [3.8, 4) is 0 Å². The summed E-state index contributed by atoms with van der Waals surface area (Å²) < 4.78 is 1.27. The maximum absolute atomic E-state index is 11.1. The van der Waals surface area contributed by atoms with Crippen LogP contribution in [0.3, 0.4) is 0 Å². The highest BCUT2D eigenvalue weighted by Gasteiger charge is 2.02. The molecule has 0 radical (unpaired) electrons. The molecule has 3 N–H and O–H groups in total. The number of H-pyrrole nitrogens is 1. The van der Waals surface area contributed by atoms with Crippen LogP contribution in [-0.4, -0.2) is 9.55 Å². The molecular formula is C7H11N3O2. The van der Waals surface area contributed by atoms with Gasteiger partial charge in [0.25, 0.3) is 5.56 Å². The van der Waals surface area contributed by atoms with Crippen LogP contribution in [0.2, 0.25) is 0 Å². The highest BCUT2D eigenvalue weighted by molar-refractivity contribution is 5.01. The minimum Gasteiger partial charge on any atom is -0.311 e. The van der Waals surface area contributed by atoms with Crippen LogP contribution in [0.1, 0.15) is 18.7 Å². The number of aromatic nitrogens is 2. The molecule has 0 fully saturated rings. The van der Waals surface area contributed by atoms with Crippen LogP contribution in [-0.2, 0) is 0 Å². The van der Waals surface area contributed by atoms with Crippen LogP contribution in [0.4, 0.5) is 0 Å². The van der Waals surface area contributed by atoms with Crippen molar-refractivity contribution in [2.24, 2.45) is 5.73 Å². The van der Waals surface area contributed by atoms with E-state index in [-0.39, 0.29) is 5.56 Å². The van der Waals surface area contributed by atoms with Crippen molar-refractivity contribution in [3.05, 3.63) is 32.6 Å². The summed E-state index contributed by atoms with van der Waals surface area (Å²) in [6.07, 6.45) is 1.03. The van der Waals surface area contributed by atoms with Gasteiger partial charge in [-0.3, -0.25) is 14.3 Å². The molecule has 12 heavy (non-hydrogen) atoms. The normalized spacial score (nSPS) is 12.9. The van der Waals surface area contributed by atoms with Crippen LogP contribution in [0.5, 0.6) is 0 Å². The Morgan fingerprint density at radius 3 is 2.67 bits per heavy atom. The van der Waals surface area contributed by atoms with Crippen molar-refractivity contribution < 1.29 is 0 Å². The summed E-state index contributed by atoms with van der Waals surface area (Å²) in [5.74, 6) is 0. The van der Waals surface area contributed by atoms with Gasteiger partial charge in [-0.05, 0) is 13.8 Å². The largest absolute Gasteiger partial charge is 0.329 e. The molecule has 5 nitrogen and oxygen atoms in total. The predicted octanol–water partition coefficient (Wildman–Crippen LogP) is -0.678. The second-order valence-corrected chi connectivity index (χ2v) is 2.72. The third kappa shape index (κ3) is 1.45. The first-order valence-electron chi connectivity index (χ1n) is 3.60. The zero-order valence-corrected chi connectivity index (χ0v) is 7.00. The topological polar surface area (TPSA) is 80.9 Å². The second-order valence-electron chi connectivity index (χ2n) is 2.72. The molecule has 0 spiro atoms. The molecule has 0 aliphatic rings. The van der Waals surface area contributed by atoms with Crippen LogP contribution in [0, 0.1) is 6.92 Å². The molecule has 1 unspecified atom stereocenters. The van der Waals surface area contributed by atoms with Crippen LogP contribution >= 0.6 is 0 Å². The molecule has 0 amide bonds. The lowest BCUT2D eigenvalue weighted by atomic mass is 10.4. The highest BCUT2D eigenvalue weighted by atomic mass is 16.2. The van der Waals surface area contributed by atoms with Crippen molar-refractivity contribution in [2.45, 2.75) is 20.0 Å². The summed E-state index contributed by atoms with van der Waals surface area (Å²) in [6, 6.07) is 0. The lowest BCUT2D eigenvalue weighted by Crippen LogP contribution is -2.35. The number of hydrogen-bond donors (Lipinski definition) is 2. The van der Waals surface area contributed by atoms with Gasteiger partial charge in [-0.2, -0.15) is 0 Å². The average molecular weight is 169 g/mol. The number of aryl methyl sites for hydroxylation is 1. The maximum Gasteiger partial charge on any atom is 0.329 e. The van der Waals surface area contributed by atoms with Crippen molar-refractivity contribution in [1.29, 1.82) is 0 Å². The summed E-state index contributed by atoms with van der Waals surface area (Å²) in [5, 5.41) is 0. The van der Waals surface area contributed by atoms with E-state index in [4.69, 9.17) is 5.73 Å². The van der Waals surface area contributed by atoms with Crippen molar-refractivity contribution in [3.63, 3.8) is 0 Å². The van der Waals surface area contributed by atoms with Gasteiger partial charge < -0.3 is 5.73 Å². The zero-order valence-electron chi connectivity index (χ0n) is 7.00. The summed E-state index contributed by atoms with van der Waals surface area (Å²) in [4.78, 5) is 24.1. The Bertz CT molecular complexity index is 388. The smallest absolute Gasteiger partial charge is 0.311 e. The third-order valence-electron chi connectivity index (χ3n) is 1.58. The predicted molar refractivity (Wildman–Crippen MR) is 45.0 cm³/mol. The summed E-state index contributed by atoms with van der Waals surface area (Å²) >= 11 is 0. The van der Waals surface area contributed by atoms with E-state index in [1.807, 2.05) is 0 Å². The van der Waals surface area contributed by atoms with E-state index in [2.05, 4.69) is 4.98 Å². The van der Waals surface area contributed by atoms with Gasteiger partial charge in [0.2, 0.25) is 0 Å². The van der Waals surface area contributed by atoms with E-state index in [0.29, 0.717) is 5.56 Å². The quantitative estimate of drug-likeness (QED) is 0.584. The molecule has 0 saturated carbocycles. The molecule has 1 atom stereocenters. The Kier molecular flexibility index (Phi) is 2.14. The van der Waals surface area contributed by atoms with Gasteiger partial charge in [0.15, 0.2) is 0 Å². The molecule has 1 rings (SSSR count). The van der Waals surface area contributed by atoms with Crippen molar-refractivity contribution in [1.82, 2.24) is 9.55 Å². The molecule has 1 heterocycles. The number of nitrogens with two attached hydrogens (primary N) is 1. The molecule has 0 bridgehead atoms. The van der Waals surface area contributed by atoms with E-state index in [1.54, 1.807) is 13.8 Å². The van der Waals surface area contributed by atoms with Crippen molar-refractivity contribution in [2.75, 3.05) is 0 Å². The van der Waals surface area contributed by atoms with Crippen molar-refractivity contribution >= 4 is 0 Å². The van der Waals surface area contributed by atoms with E-state index < -0.39 is 11.9 Å². The number of rotatable bonds is 1. The Hall–Kier alpha value is -1.36. The Labute approximate surface area is 68.8 Å². The van der Waals surface area contributed by atoms with E-state index >= 15 is 0 Å². The first-order chi connectivity index (χ1) is 5.52. The Morgan fingerprint density at radius 2 is 2.17 bits per heavy atom. The van der Waals surface area contributed by atoms with Gasteiger partial charge in [-0.15, -0.1) is 0 Å². The molecule has 1 aromatic rings. The lowest BCUT2D eigenvalue weighted by molar-refractivity contribution is 0.534. The van der Waals surface area contributed by atoms with E-state index in [1.165, 1.54) is 10.8 Å². The van der Waals surface area contributed by atoms with Gasteiger partial charge in [0, 0.05) is 11.8 Å². The SMILES string of the molecule is Cc1cn(C(C)N)c(=O)[nH]c1=O. The molecule has 0 saturated heterocycles. The minimum absolute atomic E-state index is 0.364. The first kappa shape index (κ1) is 8.73. The summed E-state index contributed by atoms with van der Waals surface area (Å²) in [6.45, 7) is 3.29. The second kappa shape index (κ2) is 2.94. The number of nitrogens with one attached hydrogen (secondary N) is 1. The summed E-state index contributed by atoms with van der Waals surface area (Å²) in [7, 11) is 0. The monoisotopic (exact) mass is 169 g/mol. The fourth-order valence-electron chi connectivity index (χ4n) is 0.889. The van der Waals surface area contributed by atoms with Gasteiger partial charge in [-0.1, -0.05) is 0 Å². The molecule has 66 valence electrons. The molecule has 5 heteroatoms. The fraction of sp³-hybridized carbons (Fsp3) is 0.429. The molecule has 0 aliphatic heterocycles. The molecule has 0 aromatic carbocycles. The fourth-order valence-corrected chi connectivity index (χ4v) is 0.889. The lowest BCUT2D eigenvalue weighted by Gasteiger charge is -2.08. The standard InChI is InChI=1S/C7H11N3O2/c1-4-3-10(5(2)8)7(12)9-6(4)11/h3,5H,8H2,1-2H3,(H,9,11,12). The molecule has 1 aromatic heterocycles. The van der Waals surface area contributed by atoms with Crippen LogP contribution in [0.25, 0.3) is 0 Å². The zero-order chi connectivity index (χ0) is 9.30. The van der Waals surface area contributed by atoms with Crippen LogP contribution in [0.15, 0.2) is 15.8 Å². The molecule has 0 aliphatic carbocycles. The van der Waals surface area contributed by atoms with Gasteiger partial charge >= 0.3 is 5.69 Å². The Balaban J connectivity index is 3.44. The number of aromatic amines is 1. The third-order valence-corrected chi connectivity index (χ3v) is 1.58. The van der Waals surface area contributed by atoms with Crippen LogP contribution < -0.4 is 17.0 Å². The van der Waals surface area contributed by atoms with Gasteiger partial charge in [0.05, 0.1) is 6.17 Å². The minimum atomic E-state index is -0.472. The van der Waals surface area contributed by atoms with E-state index in [0.717, 1.165) is 0 Å². The first-order valence-corrected chi connectivity index (χ1v) is 3.60. The number of nitrogens with zero attached hydrogens (tertiary/aromatic N) is 1. The summed E-state index contributed by atoms with van der Waals surface area (Å²) in [5.41, 5.74) is 5.12. The highest BCUT2D eigenvalue weighted by Crippen LogP contribution is 1.90. The van der Waals surface area contributed by atoms with Gasteiger partial charge in [-0.25, -0.2) is 4.79 Å². The Morgan fingerprint density at radius 1 is 1.58 bits per heavy atom. The molecular weight excluding hydrogens is 158 g/mol. The average Bonchev–Trinajstić information content (AvgIpc) is 1.96. The maximum atomic E-state index is 11.1. The van der Waals surface area contributed by atoms with Gasteiger partial charge in [0.1, 0.15) is 0 Å².